The van der Waals surface area contributed by atoms with Gasteiger partial charge in [0.2, 0.25) is 0 Å². The van der Waals surface area contributed by atoms with Crippen LogP contribution in [0.1, 0.15) is 28.4 Å². The average Bonchev–Trinajstić information content (AvgIpc) is 2.81. The molecular weight excluding hydrogens is 331 g/mol. The van der Waals surface area contributed by atoms with Crippen molar-refractivity contribution in [3.63, 3.8) is 0 Å². The monoisotopic (exact) mass is 350 g/mol. The first-order valence-electron chi connectivity index (χ1n) is 7.02. The van der Waals surface area contributed by atoms with Gasteiger partial charge in [-0.15, -0.1) is 0 Å². The van der Waals surface area contributed by atoms with E-state index < -0.39 is 7.25 Å². The average molecular weight is 350 g/mol. The van der Waals surface area contributed by atoms with Gasteiger partial charge in [0.1, 0.15) is 16.4 Å². The summed E-state index contributed by atoms with van der Waals surface area (Å²) in [6.07, 6.45) is 1.88. The number of pyridine rings is 1. The molecule has 10 heteroatoms. The molecule has 0 unspecified atom stereocenters. The third-order valence-electron chi connectivity index (χ3n) is 2.82. The molecule has 0 aromatic carbocycles. The van der Waals surface area contributed by atoms with Crippen LogP contribution in [-0.2, 0) is 6.42 Å². The van der Waals surface area contributed by atoms with E-state index in [1.54, 1.807) is 11.3 Å². The molecule has 0 bridgehead atoms. The third kappa shape index (κ3) is 7.04. The molecule has 0 aliphatic heterocycles. The maximum atomic E-state index is 9.75. The number of aryl methyl sites for hydroxylation is 4. The molecule has 2 aromatic heterocycles. The van der Waals surface area contributed by atoms with Crippen molar-refractivity contribution in [2.75, 3.05) is 6.54 Å². The van der Waals surface area contributed by atoms with E-state index in [2.05, 4.69) is 47.7 Å². The molecule has 0 atom stereocenters. The molecule has 0 amide bonds. The molecule has 0 aliphatic rings. The minimum absolute atomic E-state index is 0.699. The summed E-state index contributed by atoms with van der Waals surface area (Å²) >= 11 is 1.65. The molecule has 128 valence electrons. The molecule has 4 nitrogen and oxygen atoms in total. The zero-order valence-electron chi connectivity index (χ0n) is 13.2. The van der Waals surface area contributed by atoms with Crippen molar-refractivity contribution in [1.82, 2.24) is 10.2 Å². The summed E-state index contributed by atoms with van der Waals surface area (Å²) < 4.78 is 41.1. The van der Waals surface area contributed by atoms with E-state index in [-0.39, 0.29) is 0 Å². The van der Waals surface area contributed by atoms with Gasteiger partial charge in [0.15, 0.2) is 0 Å². The van der Waals surface area contributed by atoms with E-state index in [4.69, 9.17) is 5.73 Å². The van der Waals surface area contributed by atoms with Crippen LogP contribution in [0.2, 0.25) is 0 Å². The number of hydrogen-bond acceptors (Lipinski definition) is 4. The van der Waals surface area contributed by atoms with E-state index in [1.165, 1.54) is 17.0 Å². The molecule has 2 heterocycles. The largest absolute Gasteiger partial charge is 0.673 e. The van der Waals surface area contributed by atoms with Crippen LogP contribution in [0, 0.1) is 20.8 Å². The zero-order chi connectivity index (χ0) is 17.6. The van der Waals surface area contributed by atoms with Gasteiger partial charge in [-0.2, -0.15) is 4.57 Å². The normalized spacial score (nSPS) is 11.1. The summed E-state index contributed by atoms with van der Waals surface area (Å²) in [6, 6.07) is 4.32. The maximum Gasteiger partial charge on any atom is 0.673 e. The highest BCUT2D eigenvalue weighted by Crippen LogP contribution is 2.14. The first-order valence-corrected chi connectivity index (χ1v) is 7.83. The summed E-state index contributed by atoms with van der Waals surface area (Å²) in [6.45, 7) is 7.00. The molecule has 0 aliphatic carbocycles. The predicted molar refractivity (Wildman–Crippen MR) is 83.2 cm³/mol. The second-order valence-electron chi connectivity index (χ2n) is 5.02. The highest BCUT2D eigenvalue weighted by Gasteiger charge is 2.21. The van der Waals surface area contributed by atoms with Gasteiger partial charge in [-0.1, -0.05) is 0 Å². The summed E-state index contributed by atoms with van der Waals surface area (Å²) in [7, 11) is -6.00. The number of nitrogens with two attached hydrogens (primary N) is 1. The molecule has 0 radical (unpaired) electrons. The smallest absolute Gasteiger partial charge is 0.418 e. The quantitative estimate of drug-likeness (QED) is 0.524. The molecule has 23 heavy (non-hydrogen) atoms. The molecule has 0 fully saturated rings. The first-order chi connectivity index (χ1) is 10.6. The molecule has 0 saturated heterocycles. The van der Waals surface area contributed by atoms with Crippen LogP contribution in [0.15, 0.2) is 12.1 Å². The van der Waals surface area contributed by atoms with Crippen LogP contribution < -0.4 is 10.3 Å². The van der Waals surface area contributed by atoms with Crippen LogP contribution in [0.25, 0.3) is 5.13 Å². The van der Waals surface area contributed by atoms with Crippen molar-refractivity contribution in [2.45, 2.75) is 33.6 Å². The van der Waals surface area contributed by atoms with Gasteiger partial charge >= 0.3 is 12.4 Å². The Morgan fingerprint density at radius 3 is 2.09 bits per heavy atom. The van der Waals surface area contributed by atoms with Gasteiger partial charge in [0, 0.05) is 6.42 Å². The van der Waals surface area contributed by atoms with Gasteiger partial charge in [0.05, 0.1) is 5.10 Å². The summed E-state index contributed by atoms with van der Waals surface area (Å²) in [5, 5.41) is 10.5. The highest BCUT2D eigenvalue weighted by atomic mass is 32.1. The summed E-state index contributed by atoms with van der Waals surface area (Å²) in [5.74, 6) is 0. The lowest BCUT2D eigenvalue weighted by Crippen LogP contribution is -2.37. The minimum atomic E-state index is -6.00. The second kappa shape index (κ2) is 8.35. The Bertz CT molecular complexity index is 616. The van der Waals surface area contributed by atoms with Crippen molar-refractivity contribution >= 4 is 18.6 Å². The van der Waals surface area contributed by atoms with Crippen LogP contribution in [0.5, 0.6) is 0 Å². The van der Waals surface area contributed by atoms with Crippen LogP contribution in [0.4, 0.5) is 17.3 Å². The summed E-state index contributed by atoms with van der Waals surface area (Å²) in [4.78, 5) is 0. The van der Waals surface area contributed by atoms with Crippen molar-refractivity contribution in [2.24, 2.45) is 5.73 Å². The van der Waals surface area contributed by atoms with Gasteiger partial charge in [-0.05, 0) is 67.9 Å². The molecule has 2 rings (SSSR count). The molecule has 2 N–H and O–H groups in total. The minimum Gasteiger partial charge on any atom is -0.418 e. The number of hydrogen-bond donors (Lipinski definition) is 1. The van der Waals surface area contributed by atoms with Gasteiger partial charge in [-0.3, -0.25) is 0 Å². The Morgan fingerprint density at radius 1 is 1.09 bits per heavy atom. The number of rotatable bonds is 4. The van der Waals surface area contributed by atoms with Crippen molar-refractivity contribution in [1.29, 1.82) is 0 Å². The topological polar surface area (TPSA) is 55.7 Å². The maximum absolute atomic E-state index is 9.75. The predicted octanol–water partition coefficient (Wildman–Crippen LogP) is 2.93. The van der Waals surface area contributed by atoms with Crippen molar-refractivity contribution in [3.05, 3.63) is 34.1 Å². The Balaban J connectivity index is 0.000000463. The zero-order valence-corrected chi connectivity index (χ0v) is 14.0. The van der Waals surface area contributed by atoms with Crippen molar-refractivity contribution in [3.8, 4) is 5.13 Å². The lowest BCUT2D eigenvalue weighted by molar-refractivity contribution is -0.609. The number of nitrogens with zero attached hydrogens (tertiary/aromatic N) is 3. The van der Waals surface area contributed by atoms with Crippen LogP contribution >= 0.6 is 11.3 Å². The number of aromatic nitrogens is 3. The van der Waals surface area contributed by atoms with Crippen molar-refractivity contribution < 1.29 is 21.8 Å². The molecule has 0 saturated carbocycles. The number of halogens is 4. The van der Waals surface area contributed by atoms with E-state index in [0.29, 0.717) is 6.54 Å². The Kier molecular flexibility index (Phi) is 7.08. The van der Waals surface area contributed by atoms with Gasteiger partial charge < -0.3 is 23.0 Å². The molecule has 2 aromatic rings. The molecular formula is C13H19BF4N4S. The lowest BCUT2D eigenvalue weighted by atomic mass is 10.2. The Morgan fingerprint density at radius 2 is 1.61 bits per heavy atom. The van der Waals surface area contributed by atoms with E-state index in [0.717, 1.165) is 23.0 Å². The van der Waals surface area contributed by atoms with Gasteiger partial charge in [0.25, 0.3) is 0 Å². The fourth-order valence-corrected chi connectivity index (χ4v) is 3.10. The molecule has 0 spiro atoms. The van der Waals surface area contributed by atoms with E-state index >= 15 is 0 Å². The fourth-order valence-electron chi connectivity index (χ4n) is 2.10. The Labute approximate surface area is 136 Å². The standard InChI is InChI=1S/C13H19N4S.BF4/c1-9-7-10(2)17(11(3)8-9)13-16-15-12(18-13)5-4-6-14;2-1(3,4)5/h7-8H,4-6,14H2,1-3H3;/q+1;-1. The highest BCUT2D eigenvalue weighted by molar-refractivity contribution is 7.13. The summed E-state index contributed by atoms with van der Waals surface area (Å²) in [5.41, 5.74) is 9.16. The van der Waals surface area contributed by atoms with E-state index in [9.17, 15) is 17.3 Å². The lowest BCUT2D eigenvalue weighted by Gasteiger charge is -2.03. The fraction of sp³-hybridized carbons (Fsp3) is 0.462. The SMILES string of the molecule is Cc1cc(C)[n+](-c2nnc(CCCN)s2)c(C)c1.F[B-](F)(F)F. The third-order valence-corrected chi connectivity index (χ3v) is 3.79. The van der Waals surface area contributed by atoms with Crippen LogP contribution in [0.3, 0.4) is 0 Å². The van der Waals surface area contributed by atoms with E-state index in [1.807, 2.05) is 0 Å². The van der Waals surface area contributed by atoms with Crippen LogP contribution in [-0.4, -0.2) is 24.0 Å². The Hall–Kier alpha value is -1.55. The first kappa shape index (κ1) is 19.5. The second-order valence-corrected chi connectivity index (χ2v) is 6.06. The van der Waals surface area contributed by atoms with Gasteiger partial charge in [-0.25, -0.2) is 0 Å².